The van der Waals surface area contributed by atoms with Gasteiger partial charge in [-0.15, -0.1) is 0 Å². The van der Waals surface area contributed by atoms with Crippen LogP contribution in [0.15, 0.2) is 76.1 Å². The molecule has 1 heterocycles. The molecule has 0 saturated carbocycles. The number of hydrogen-bond donors (Lipinski definition) is 0. The molecule has 0 bridgehead atoms. The van der Waals surface area contributed by atoms with Gasteiger partial charge in [-0.25, -0.2) is 4.79 Å². The molecule has 0 unspecified atom stereocenters. The molecule has 4 aromatic rings. The molecule has 0 fully saturated rings. The Labute approximate surface area is 188 Å². The number of hydrogen-bond acceptors (Lipinski definition) is 6. The van der Waals surface area contributed by atoms with Crippen molar-refractivity contribution in [3.05, 3.63) is 93.3 Å². The highest BCUT2D eigenvalue weighted by molar-refractivity contribution is 6.30. The van der Waals surface area contributed by atoms with E-state index in [9.17, 15) is 9.59 Å². The molecule has 0 N–H and O–H groups in total. The van der Waals surface area contributed by atoms with E-state index in [4.69, 9.17) is 30.2 Å². The number of carbonyl (C=O) groups is 1. The van der Waals surface area contributed by atoms with Crippen molar-refractivity contribution < 1.29 is 23.4 Å². The van der Waals surface area contributed by atoms with Crippen LogP contribution in [0.3, 0.4) is 0 Å². The summed E-state index contributed by atoms with van der Waals surface area (Å²) in [6, 6.07) is 16.9. The van der Waals surface area contributed by atoms with E-state index >= 15 is 0 Å². The number of fused-ring (bicyclic) bond motifs is 1. The molecular formula is C25H19ClO6. The van der Waals surface area contributed by atoms with Gasteiger partial charge in [-0.3, -0.25) is 4.79 Å². The zero-order valence-corrected chi connectivity index (χ0v) is 18.1. The van der Waals surface area contributed by atoms with Gasteiger partial charge >= 0.3 is 5.97 Å². The summed E-state index contributed by atoms with van der Waals surface area (Å²) in [5.41, 5.74) is 1.86. The van der Waals surface area contributed by atoms with Crippen molar-refractivity contribution in [3.63, 3.8) is 0 Å². The largest absolute Gasteiger partial charge is 0.482 e. The monoisotopic (exact) mass is 450 g/mol. The fourth-order valence-corrected chi connectivity index (χ4v) is 3.12. The Hall–Kier alpha value is -3.77. The number of rotatable bonds is 6. The number of ether oxygens (including phenoxy) is 3. The maximum absolute atomic E-state index is 12.8. The summed E-state index contributed by atoms with van der Waals surface area (Å²) in [4.78, 5) is 24.9. The van der Waals surface area contributed by atoms with Crippen LogP contribution >= 0.6 is 11.6 Å². The summed E-state index contributed by atoms with van der Waals surface area (Å²) in [6.07, 6.45) is 1.25. The third-order valence-electron chi connectivity index (χ3n) is 4.68. The van der Waals surface area contributed by atoms with Crippen LogP contribution in [-0.2, 0) is 4.79 Å². The smallest absolute Gasteiger partial charge is 0.349 e. The maximum Gasteiger partial charge on any atom is 0.349 e. The Morgan fingerprint density at radius 1 is 0.938 bits per heavy atom. The molecule has 162 valence electrons. The molecule has 32 heavy (non-hydrogen) atoms. The minimum atomic E-state index is -0.600. The fraction of sp³-hybridized carbons (Fsp3) is 0.120. The summed E-state index contributed by atoms with van der Waals surface area (Å²) >= 11 is 5.82. The lowest BCUT2D eigenvalue weighted by Gasteiger charge is -2.10. The van der Waals surface area contributed by atoms with Crippen LogP contribution in [-0.4, -0.2) is 12.6 Å². The highest BCUT2D eigenvalue weighted by Gasteiger charge is 2.13. The highest BCUT2D eigenvalue weighted by Crippen LogP contribution is 2.27. The summed E-state index contributed by atoms with van der Waals surface area (Å²) in [5, 5.41) is 0.880. The zero-order chi connectivity index (χ0) is 22.7. The van der Waals surface area contributed by atoms with Crippen molar-refractivity contribution >= 4 is 28.5 Å². The lowest BCUT2D eigenvalue weighted by molar-refractivity contribution is -0.136. The summed E-state index contributed by atoms with van der Waals surface area (Å²) in [5.74, 6) is 0.785. The van der Waals surface area contributed by atoms with E-state index in [2.05, 4.69) is 0 Å². The number of halogens is 1. The molecule has 0 atom stereocenters. The molecular weight excluding hydrogens is 432 g/mol. The van der Waals surface area contributed by atoms with Crippen LogP contribution in [0.4, 0.5) is 0 Å². The third kappa shape index (κ3) is 4.92. The first kappa shape index (κ1) is 21.5. The van der Waals surface area contributed by atoms with Crippen LogP contribution in [0.5, 0.6) is 23.0 Å². The minimum absolute atomic E-state index is 0.0762. The molecule has 0 aliphatic rings. The predicted octanol–water partition coefficient (Wildman–Crippen LogP) is 5.84. The quantitative estimate of drug-likeness (QED) is 0.271. The number of esters is 1. The number of benzene rings is 3. The Balaban J connectivity index is 1.47. The van der Waals surface area contributed by atoms with Gasteiger partial charge in [-0.1, -0.05) is 23.7 Å². The highest BCUT2D eigenvalue weighted by atomic mass is 35.5. The fourth-order valence-electron chi connectivity index (χ4n) is 2.99. The average Bonchev–Trinajstić information content (AvgIpc) is 2.78. The molecule has 6 nitrogen and oxygen atoms in total. The van der Waals surface area contributed by atoms with Crippen molar-refractivity contribution in [1.29, 1.82) is 0 Å². The maximum atomic E-state index is 12.8. The van der Waals surface area contributed by atoms with Crippen LogP contribution in [0, 0.1) is 13.8 Å². The first-order valence-corrected chi connectivity index (χ1v) is 10.2. The lowest BCUT2D eigenvalue weighted by atomic mass is 10.1. The van der Waals surface area contributed by atoms with Crippen molar-refractivity contribution in [2.75, 3.05) is 6.61 Å². The third-order valence-corrected chi connectivity index (χ3v) is 4.93. The van der Waals surface area contributed by atoms with Gasteiger partial charge < -0.3 is 18.6 Å². The Morgan fingerprint density at radius 2 is 1.69 bits per heavy atom. The Morgan fingerprint density at radius 3 is 2.47 bits per heavy atom. The van der Waals surface area contributed by atoms with Gasteiger partial charge in [0.25, 0.3) is 0 Å². The number of aryl methyl sites for hydroxylation is 2. The molecule has 4 rings (SSSR count). The van der Waals surface area contributed by atoms with Crippen LogP contribution in [0.25, 0.3) is 11.0 Å². The minimum Gasteiger partial charge on any atom is -0.482 e. The first-order chi connectivity index (χ1) is 15.4. The second kappa shape index (κ2) is 9.16. The van der Waals surface area contributed by atoms with Gasteiger partial charge in [0.1, 0.15) is 29.1 Å². The van der Waals surface area contributed by atoms with Gasteiger partial charge in [0.2, 0.25) is 11.2 Å². The average molecular weight is 451 g/mol. The summed E-state index contributed by atoms with van der Waals surface area (Å²) in [7, 11) is 0. The lowest BCUT2D eigenvalue weighted by Crippen LogP contribution is -2.17. The second-order valence-corrected chi connectivity index (χ2v) is 7.61. The first-order valence-electron chi connectivity index (χ1n) is 9.79. The normalized spacial score (nSPS) is 10.7. The molecule has 0 spiro atoms. The Kier molecular flexibility index (Phi) is 6.14. The van der Waals surface area contributed by atoms with Gasteiger partial charge in [-0.05, 0) is 67.4 Å². The predicted molar refractivity (Wildman–Crippen MR) is 121 cm³/mol. The van der Waals surface area contributed by atoms with Crippen LogP contribution in [0.1, 0.15) is 11.1 Å². The SMILES string of the molecule is Cc1ccc(C)c(Oc2coc3cc(OC(=O)COc4ccc(Cl)cc4)ccc3c2=O)c1. The molecule has 7 heteroatoms. The van der Waals surface area contributed by atoms with Crippen LogP contribution < -0.4 is 19.6 Å². The standard InChI is InChI=1S/C25H19ClO6/c1-15-3-4-16(2)21(11-15)32-23-13-30-22-12-19(9-10-20(22)25(23)28)31-24(27)14-29-18-7-5-17(26)6-8-18/h3-13H,14H2,1-2H3. The molecule has 0 saturated heterocycles. The van der Waals surface area contributed by atoms with E-state index in [0.717, 1.165) is 11.1 Å². The van der Waals surface area contributed by atoms with Gasteiger partial charge in [0.05, 0.1) is 5.39 Å². The molecule has 1 aromatic heterocycles. The Bertz CT molecular complexity index is 1340. The van der Waals surface area contributed by atoms with E-state index in [1.165, 1.54) is 24.5 Å². The van der Waals surface area contributed by atoms with Gasteiger partial charge in [0, 0.05) is 11.1 Å². The van der Waals surface area contributed by atoms with E-state index in [1.807, 2.05) is 32.0 Å². The number of carbonyl (C=O) groups excluding carboxylic acids is 1. The molecule has 0 amide bonds. The topological polar surface area (TPSA) is 75.0 Å². The zero-order valence-electron chi connectivity index (χ0n) is 17.4. The van der Waals surface area contributed by atoms with Crippen molar-refractivity contribution in [2.45, 2.75) is 13.8 Å². The van der Waals surface area contributed by atoms with E-state index in [-0.39, 0.29) is 29.1 Å². The molecule has 0 aliphatic carbocycles. The molecule has 0 aliphatic heterocycles. The summed E-state index contributed by atoms with van der Waals surface area (Å²) in [6.45, 7) is 3.56. The molecule has 3 aromatic carbocycles. The van der Waals surface area contributed by atoms with E-state index in [1.54, 1.807) is 24.3 Å². The second-order valence-electron chi connectivity index (χ2n) is 7.17. The molecule has 0 radical (unpaired) electrons. The van der Waals surface area contributed by atoms with Gasteiger partial charge in [0.15, 0.2) is 6.61 Å². The van der Waals surface area contributed by atoms with Crippen LogP contribution in [0.2, 0.25) is 5.02 Å². The van der Waals surface area contributed by atoms with Gasteiger partial charge in [-0.2, -0.15) is 0 Å². The van der Waals surface area contributed by atoms with Crippen molar-refractivity contribution in [1.82, 2.24) is 0 Å². The van der Waals surface area contributed by atoms with E-state index in [0.29, 0.717) is 21.9 Å². The summed E-state index contributed by atoms with van der Waals surface area (Å²) < 4.78 is 22.0. The van der Waals surface area contributed by atoms with Crippen molar-refractivity contribution in [3.8, 4) is 23.0 Å². The van der Waals surface area contributed by atoms with E-state index < -0.39 is 5.97 Å². The van der Waals surface area contributed by atoms with Crippen molar-refractivity contribution in [2.24, 2.45) is 0 Å².